The fourth-order valence-corrected chi connectivity index (χ4v) is 3.82. The number of rotatable bonds is 34. The summed E-state index contributed by atoms with van der Waals surface area (Å²) in [6, 6.07) is 0. The molecule has 1 amide bonds. The summed E-state index contributed by atoms with van der Waals surface area (Å²) in [5, 5.41) is 0. The van der Waals surface area contributed by atoms with Gasteiger partial charge in [-0.05, 0) is 40.4 Å². The molecule has 0 atom stereocenters. The zero-order valence-electron chi connectivity index (χ0n) is 29.8. The Labute approximate surface area is 278 Å². The van der Waals surface area contributed by atoms with Gasteiger partial charge >= 0.3 is 6.09 Å². The molecule has 0 saturated heterocycles. The van der Waals surface area contributed by atoms with Crippen LogP contribution < -0.4 is 0 Å². The molecule has 0 aliphatic carbocycles. The third kappa shape index (κ3) is 37.5. The fourth-order valence-electron chi connectivity index (χ4n) is 3.12. The van der Waals surface area contributed by atoms with E-state index < -0.39 is 13.9 Å². The molecule has 276 valence electrons. The van der Waals surface area contributed by atoms with E-state index in [4.69, 9.17) is 56.5 Å². The molecule has 0 bridgehead atoms. The Bertz CT molecular complexity index is 665. The van der Waals surface area contributed by atoms with Crippen LogP contribution in [0.1, 0.15) is 20.8 Å². The Morgan fingerprint density at radius 1 is 0.457 bits per heavy atom. The predicted molar refractivity (Wildman–Crippen MR) is 176 cm³/mol. The molecule has 0 aromatic carbocycles. The molecule has 0 spiro atoms. The first-order valence-corrected chi connectivity index (χ1v) is 19.8. The maximum atomic E-state index is 11.8. The Kier molecular flexibility index (Phi) is 30.7. The molecule has 0 aliphatic heterocycles. The predicted octanol–water partition coefficient (Wildman–Crippen LogP) is 2.87. The van der Waals surface area contributed by atoms with Crippen LogP contribution in [-0.2, 0) is 56.5 Å². The molecule has 0 heterocycles. The Hall–Kier alpha value is -0.953. The lowest BCUT2D eigenvalue weighted by molar-refractivity contribution is -0.0270. The van der Waals surface area contributed by atoms with Crippen LogP contribution in [0, 0.1) is 0 Å². The van der Waals surface area contributed by atoms with Crippen LogP contribution in [0.15, 0.2) is 0 Å². The maximum Gasteiger partial charge on any atom is 0.410 e. The van der Waals surface area contributed by atoms with Gasteiger partial charge in [0, 0.05) is 13.6 Å². The van der Waals surface area contributed by atoms with Gasteiger partial charge in [0.15, 0.2) is 8.32 Å². The number of hydrogen-bond acceptors (Lipinski definition) is 13. The highest BCUT2D eigenvalue weighted by molar-refractivity contribution is 6.69. The van der Waals surface area contributed by atoms with Crippen molar-refractivity contribution in [2.45, 2.75) is 46.0 Å². The molecule has 0 N–H and O–H groups in total. The van der Waals surface area contributed by atoms with Crippen molar-refractivity contribution < 1.29 is 61.3 Å². The first-order valence-electron chi connectivity index (χ1n) is 16.4. The largest absolute Gasteiger partial charge is 0.444 e. The van der Waals surface area contributed by atoms with E-state index in [0.717, 1.165) is 0 Å². The summed E-state index contributed by atoms with van der Waals surface area (Å²) in [4.78, 5) is 13.3. The van der Waals surface area contributed by atoms with Crippen LogP contribution in [0.5, 0.6) is 0 Å². The fraction of sp³-hybridized carbons (Fsp3) is 0.968. The third-order valence-electron chi connectivity index (χ3n) is 5.39. The van der Waals surface area contributed by atoms with E-state index in [1.54, 1.807) is 7.05 Å². The lowest BCUT2D eigenvalue weighted by atomic mass is 10.2. The van der Waals surface area contributed by atoms with Crippen LogP contribution in [0.4, 0.5) is 4.79 Å². The average Bonchev–Trinajstić information content (AvgIpc) is 2.98. The van der Waals surface area contributed by atoms with Crippen molar-refractivity contribution >= 4 is 14.4 Å². The smallest absolute Gasteiger partial charge is 0.410 e. The number of nitrogens with zero attached hydrogens (tertiary/aromatic N) is 1. The normalized spacial score (nSPS) is 12.2. The van der Waals surface area contributed by atoms with Crippen molar-refractivity contribution in [2.24, 2.45) is 0 Å². The summed E-state index contributed by atoms with van der Waals surface area (Å²) in [5.74, 6) is 0. The van der Waals surface area contributed by atoms with Crippen molar-refractivity contribution in [2.75, 3.05) is 152 Å². The summed E-state index contributed by atoms with van der Waals surface area (Å²) in [6.07, 6.45) is -0.363. The van der Waals surface area contributed by atoms with Gasteiger partial charge in [-0.25, -0.2) is 4.79 Å². The van der Waals surface area contributed by atoms with Gasteiger partial charge in [-0.15, -0.1) is 0 Å². The molecule has 46 heavy (non-hydrogen) atoms. The van der Waals surface area contributed by atoms with Crippen LogP contribution in [0.2, 0.25) is 19.6 Å². The Morgan fingerprint density at radius 3 is 0.935 bits per heavy atom. The molecular formula is C31H65NO13Si. The third-order valence-corrected chi connectivity index (χ3v) is 6.46. The lowest BCUT2D eigenvalue weighted by Gasteiger charge is -2.24. The monoisotopic (exact) mass is 687 g/mol. The van der Waals surface area contributed by atoms with Crippen LogP contribution in [0.3, 0.4) is 0 Å². The molecule has 0 saturated carbocycles. The standard InChI is InChI=1S/C31H65NO13Si/c1-31(2,3)45-30(33)32(4)8-9-34-10-11-35-12-13-36-14-15-37-16-17-38-18-19-39-20-21-40-22-23-41-24-25-42-26-27-43-28-29-44-46(5,6)7/h8-29H2,1-7H3. The van der Waals surface area contributed by atoms with E-state index >= 15 is 0 Å². The van der Waals surface area contributed by atoms with E-state index in [1.807, 2.05) is 20.8 Å². The van der Waals surface area contributed by atoms with Gasteiger partial charge in [-0.2, -0.15) is 0 Å². The number of amides is 1. The SMILES string of the molecule is CN(CCOCCOCCOCCOCCOCCOCCOCCOCCOCCOCCO[Si](C)(C)C)C(=O)OC(C)(C)C. The second-order valence-electron chi connectivity index (χ2n) is 12.0. The average molecular weight is 688 g/mol. The molecular weight excluding hydrogens is 622 g/mol. The molecule has 14 nitrogen and oxygen atoms in total. The number of carbonyl (C=O) groups excluding carboxylic acids is 1. The molecule has 0 aromatic rings. The summed E-state index contributed by atoms with van der Waals surface area (Å²) in [7, 11) is 0.228. The highest BCUT2D eigenvalue weighted by Crippen LogP contribution is 2.08. The second kappa shape index (κ2) is 31.3. The van der Waals surface area contributed by atoms with Crippen LogP contribution >= 0.6 is 0 Å². The summed E-state index contributed by atoms with van der Waals surface area (Å²) in [6.45, 7) is 23.2. The number of hydrogen-bond donors (Lipinski definition) is 0. The van der Waals surface area contributed by atoms with Crippen LogP contribution in [-0.4, -0.2) is 177 Å². The number of carbonyl (C=O) groups is 1. The van der Waals surface area contributed by atoms with Gasteiger partial charge in [0.2, 0.25) is 0 Å². The van der Waals surface area contributed by atoms with E-state index in [9.17, 15) is 4.79 Å². The van der Waals surface area contributed by atoms with Crippen molar-refractivity contribution in [1.82, 2.24) is 4.90 Å². The molecule has 0 radical (unpaired) electrons. The summed E-state index contributed by atoms with van der Waals surface area (Å²) in [5.41, 5.74) is -0.508. The molecule has 0 aliphatic rings. The van der Waals surface area contributed by atoms with Crippen molar-refractivity contribution in [3.8, 4) is 0 Å². The zero-order valence-corrected chi connectivity index (χ0v) is 30.8. The Balaban J connectivity index is 3.16. The first kappa shape index (κ1) is 45.0. The molecule has 0 aromatic heterocycles. The van der Waals surface area contributed by atoms with Gasteiger partial charge in [0.1, 0.15) is 5.60 Å². The minimum Gasteiger partial charge on any atom is -0.444 e. The first-order chi connectivity index (χ1) is 22.0. The van der Waals surface area contributed by atoms with Gasteiger partial charge in [0.05, 0.1) is 139 Å². The quantitative estimate of drug-likeness (QED) is 0.0727. The van der Waals surface area contributed by atoms with Gasteiger partial charge < -0.3 is 61.4 Å². The maximum absolute atomic E-state index is 11.8. The minimum absolute atomic E-state index is 0.363. The van der Waals surface area contributed by atoms with Crippen molar-refractivity contribution in [3.05, 3.63) is 0 Å². The number of likely N-dealkylation sites (N-methyl/N-ethyl adjacent to an activating group) is 1. The van der Waals surface area contributed by atoms with Crippen molar-refractivity contribution in [3.63, 3.8) is 0 Å². The second-order valence-corrected chi connectivity index (χ2v) is 16.5. The summed E-state index contributed by atoms with van der Waals surface area (Å²) < 4.78 is 65.7. The molecule has 0 rings (SSSR count). The van der Waals surface area contributed by atoms with Crippen molar-refractivity contribution in [1.29, 1.82) is 0 Å². The van der Waals surface area contributed by atoms with E-state index in [0.29, 0.717) is 145 Å². The van der Waals surface area contributed by atoms with Gasteiger partial charge in [-0.1, -0.05) is 0 Å². The highest BCUT2D eigenvalue weighted by atomic mass is 28.4. The molecule has 15 heteroatoms. The minimum atomic E-state index is -1.45. The van der Waals surface area contributed by atoms with E-state index in [2.05, 4.69) is 19.6 Å². The van der Waals surface area contributed by atoms with Gasteiger partial charge in [-0.3, -0.25) is 0 Å². The summed E-state index contributed by atoms with van der Waals surface area (Å²) >= 11 is 0. The van der Waals surface area contributed by atoms with Gasteiger partial charge in [0.25, 0.3) is 0 Å². The Morgan fingerprint density at radius 2 is 0.696 bits per heavy atom. The van der Waals surface area contributed by atoms with E-state index in [1.165, 1.54) is 4.90 Å². The molecule has 0 fully saturated rings. The highest BCUT2D eigenvalue weighted by Gasteiger charge is 2.19. The topological polar surface area (TPSA) is 131 Å². The zero-order chi connectivity index (χ0) is 34.2. The lowest BCUT2D eigenvalue weighted by Crippen LogP contribution is -2.36. The van der Waals surface area contributed by atoms with E-state index in [-0.39, 0.29) is 6.09 Å². The number of ether oxygens (including phenoxy) is 11. The van der Waals surface area contributed by atoms with Crippen LogP contribution in [0.25, 0.3) is 0 Å². The molecule has 0 unspecified atom stereocenters.